The molecule has 6 nitrogen and oxygen atoms in total. The number of rotatable bonds is 13. The van der Waals surface area contributed by atoms with Crippen LogP contribution in [0, 0.1) is 47.3 Å². The fourth-order valence-corrected chi connectivity index (χ4v) is 6.71. The molecule has 2 aliphatic carbocycles. The molecule has 3 fully saturated rings. The molecule has 2 saturated carbocycles. The van der Waals surface area contributed by atoms with E-state index in [1.807, 2.05) is 13.8 Å². The van der Waals surface area contributed by atoms with Gasteiger partial charge in [0, 0.05) is 61.2 Å². The molecule has 2 aromatic rings. The van der Waals surface area contributed by atoms with E-state index >= 15 is 0 Å². The minimum Gasteiger partial charge on any atom is -0.383 e. The molecule has 1 aromatic carbocycles. The lowest BCUT2D eigenvalue weighted by molar-refractivity contribution is -0.109. The summed E-state index contributed by atoms with van der Waals surface area (Å²) in [5, 5.41) is 4.55. The highest BCUT2D eigenvalue weighted by atomic mass is 16.5. The zero-order valence-electron chi connectivity index (χ0n) is 40.5. The van der Waals surface area contributed by atoms with Crippen molar-refractivity contribution in [2.24, 2.45) is 28.6 Å². The Bertz CT molecular complexity index is 1430. The SMILES string of the molecule is CC.CC(C)(C)C.CCC(C)C.CCC1CCC1.CCCN(CC(C)(CC)COC(C)(C)C1CCC1)c1c(C)c(N)nc2cc(C#CCN3CCNCC3)ccc12. The summed E-state index contributed by atoms with van der Waals surface area (Å²) in [5.41, 5.74) is 11.2. The monoisotopic (exact) mass is 792 g/mol. The molecule has 1 aliphatic heterocycles. The molecular weight excluding hydrogens is 699 g/mol. The third-order valence-electron chi connectivity index (χ3n) is 11.7. The standard InChI is InChI=1S/C33H51N5O.C6H12.2C5H12.C2H6/c1-7-18-38(23-33(6,8-2)24-39-32(4,5)27-12-9-13-27)30-25(3)31(34)36-29-22-26(14-15-28(29)30)11-10-19-37-20-16-35-17-21-37;1-2-6-4-3-5-6;1-5(2,3)4;1-4-5(2)3;1-2/h14-15,22,27,35H,7-9,12-13,16-21,23-24H2,1-6H3,(H2,34,36);6H,2-5H2,1H3;1-4H3;5H,4H2,1-3H3;1-2H3. The van der Waals surface area contributed by atoms with Crippen LogP contribution < -0.4 is 16.0 Å². The van der Waals surface area contributed by atoms with Crippen molar-refractivity contribution >= 4 is 22.4 Å². The number of hydrogen-bond donors (Lipinski definition) is 2. The van der Waals surface area contributed by atoms with Gasteiger partial charge in [-0.05, 0) is 87.8 Å². The van der Waals surface area contributed by atoms with Gasteiger partial charge in [0.25, 0.3) is 0 Å². The van der Waals surface area contributed by atoms with Crippen molar-refractivity contribution in [2.45, 2.75) is 181 Å². The molecule has 5 rings (SSSR count). The Morgan fingerprint density at radius 1 is 0.947 bits per heavy atom. The molecule has 1 unspecified atom stereocenters. The van der Waals surface area contributed by atoms with Crippen molar-refractivity contribution in [3.8, 4) is 11.8 Å². The van der Waals surface area contributed by atoms with Crippen LogP contribution in [0.25, 0.3) is 10.9 Å². The maximum absolute atomic E-state index is 6.66. The molecule has 3 N–H and O–H groups in total. The lowest BCUT2D eigenvalue weighted by Gasteiger charge is -2.44. The number of anilines is 2. The number of fused-ring (bicyclic) bond motifs is 1. The molecule has 0 bridgehead atoms. The molecule has 328 valence electrons. The van der Waals surface area contributed by atoms with Gasteiger partial charge in [0.05, 0.1) is 30.0 Å². The number of aromatic nitrogens is 1. The Hall–Kier alpha value is -2.33. The smallest absolute Gasteiger partial charge is 0.129 e. The third-order valence-corrected chi connectivity index (χ3v) is 11.7. The predicted octanol–water partition coefficient (Wildman–Crippen LogP) is 12.9. The number of nitrogens with two attached hydrogens (primary N) is 1. The number of benzene rings is 1. The lowest BCUT2D eigenvalue weighted by atomic mass is 9.74. The van der Waals surface area contributed by atoms with Gasteiger partial charge in [-0.3, -0.25) is 4.90 Å². The van der Waals surface area contributed by atoms with E-state index in [1.54, 1.807) is 0 Å². The van der Waals surface area contributed by atoms with Crippen LogP contribution in [0.15, 0.2) is 18.2 Å². The fraction of sp³-hybridized carbons (Fsp3) is 0.784. The van der Waals surface area contributed by atoms with Crippen molar-refractivity contribution in [1.82, 2.24) is 15.2 Å². The molecule has 1 aromatic heterocycles. The molecule has 0 amide bonds. The summed E-state index contributed by atoms with van der Waals surface area (Å²) < 4.78 is 6.66. The quantitative estimate of drug-likeness (QED) is 0.197. The molecule has 1 atom stereocenters. The topological polar surface area (TPSA) is 66.7 Å². The van der Waals surface area contributed by atoms with Crippen LogP contribution in [0.3, 0.4) is 0 Å². The van der Waals surface area contributed by atoms with Crippen molar-refractivity contribution in [1.29, 1.82) is 0 Å². The molecule has 3 aliphatic rings. The number of nitrogens with one attached hydrogen (secondary N) is 1. The van der Waals surface area contributed by atoms with E-state index in [9.17, 15) is 0 Å². The zero-order valence-corrected chi connectivity index (χ0v) is 40.5. The molecular formula is C51H93N5O. The molecule has 2 heterocycles. The Morgan fingerprint density at radius 2 is 1.53 bits per heavy atom. The average molecular weight is 792 g/mol. The molecule has 57 heavy (non-hydrogen) atoms. The Balaban J connectivity index is 0.000000748. The largest absolute Gasteiger partial charge is 0.383 e. The summed E-state index contributed by atoms with van der Waals surface area (Å²) in [7, 11) is 0. The number of piperazine rings is 1. The van der Waals surface area contributed by atoms with Gasteiger partial charge in [-0.15, -0.1) is 0 Å². The van der Waals surface area contributed by atoms with E-state index in [-0.39, 0.29) is 11.0 Å². The number of nitrogen functional groups attached to an aromatic ring is 1. The van der Waals surface area contributed by atoms with E-state index in [4.69, 9.17) is 15.5 Å². The van der Waals surface area contributed by atoms with Crippen LogP contribution in [0.1, 0.15) is 179 Å². The van der Waals surface area contributed by atoms with E-state index in [0.717, 1.165) is 99.1 Å². The van der Waals surface area contributed by atoms with Crippen LogP contribution in [0.5, 0.6) is 0 Å². The lowest BCUT2D eigenvalue weighted by Crippen LogP contribution is -2.45. The van der Waals surface area contributed by atoms with E-state index in [1.165, 1.54) is 57.1 Å². The predicted molar refractivity (Wildman–Crippen MR) is 255 cm³/mol. The van der Waals surface area contributed by atoms with Crippen LogP contribution in [0.2, 0.25) is 0 Å². The van der Waals surface area contributed by atoms with Crippen LogP contribution >= 0.6 is 0 Å². The average Bonchev–Trinajstić information content (AvgIpc) is 3.11. The Morgan fingerprint density at radius 3 is 1.96 bits per heavy atom. The minimum absolute atomic E-state index is 0.0301. The van der Waals surface area contributed by atoms with Gasteiger partial charge in [-0.1, -0.05) is 140 Å². The van der Waals surface area contributed by atoms with Crippen LogP contribution in [0.4, 0.5) is 11.5 Å². The van der Waals surface area contributed by atoms with E-state index < -0.39 is 0 Å². The summed E-state index contributed by atoms with van der Waals surface area (Å²) in [6.45, 7) is 42.9. The second kappa shape index (κ2) is 26.7. The van der Waals surface area contributed by atoms with Gasteiger partial charge >= 0.3 is 0 Å². The molecule has 0 radical (unpaired) electrons. The number of ether oxygens (including phenoxy) is 1. The minimum atomic E-state index is -0.0592. The first-order chi connectivity index (χ1) is 26.9. The molecule has 1 saturated heterocycles. The van der Waals surface area contributed by atoms with Gasteiger partial charge in [-0.25, -0.2) is 4.98 Å². The van der Waals surface area contributed by atoms with Crippen molar-refractivity contribution in [3.05, 3.63) is 29.3 Å². The van der Waals surface area contributed by atoms with Gasteiger partial charge in [-0.2, -0.15) is 0 Å². The summed E-state index contributed by atoms with van der Waals surface area (Å²) in [6.07, 6.45) is 13.3. The van der Waals surface area contributed by atoms with Crippen molar-refractivity contribution in [2.75, 3.05) is 63.1 Å². The molecule has 6 heteroatoms. The van der Waals surface area contributed by atoms with Crippen molar-refractivity contribution in [3.63, 3.8) is 0 Å². The van der Waals surface area contributed by atoms with Gasteiger partial charge in [0.2, 0.25) is 0 Å². The highest BCUT2D eigenvalue weighted by Crippen LogP contribution is 2.40. The van der Waals surface area contributed by atoms with E-state index in [0.29, 0.717) is 17.2 Å². The second-order valence-corrected chi connectivity index (χ2v) is 19.6. The van der Waals surface area contributed by atoms with Crippen LogP contribution in [-0.4, -0.2) is 67.9 Å². The maximum atomic E-state index is 6.66. The first kappa shape index (κ1) is 52.7. The van der Waals surface area contributed by atoms with Gasteiger partial charge in [0.1, 0.15) is 5.82 Å². The summed E-state index contributed by atoms with van der Waals surface area (Å²) in [5.74, 6) is 10.0. The summed E-state index contributed by atoms with van der Waals surface area (Å²) in [6, 6.07) is 6.44. The van der Waals surface area contributed by atoms with Crippen molar-refractivity contribution < 1.29 is 4.74 Å². The number of pyridine rings is 1. The number of hydrogen-bond acceptors (Lipinski definition) is 6. The summed E-state index contributed by atoms with van der Waals surface area (Å²) in [4.78, 5) is 9.73. The maximum Gasteiger partial charge on any atom is 0.129 e. The first-order valence-electron chi connectivity index (χ1n) is 23.4. The summed E-state index contributed by atoms with van der Waals surface area (Å²) >= 11 is 0. The first-order valence-corrected chi connectivity index (χ1v) is 23.4. The van der Waals surface area contributed by atoms with Gasteiger partial charge in [0.15, 0.2) is 0 Å². The second-order valence-electron chi connectivity index (χ2n) is 19.6. The Labute approximate surface area is 354 Å². The third kappa shape index (κ3) is 20.0. The van der Waals surface area contributed by atoms with Gasteiger partial charge < -0.3 is 20.7 Å². The van der Waals surface area contributed by atoms with Crippen LogP contribution in [-0.2, 0) is 4.74 Å². The molecule has 0 spiro atoms. The number of nitrogens with zero attached hydrogens (tertiary/aromatic N) is 3. The Kier molecular flexibility index (Phi) is 24.7. The highest BCUT2D eigenvalue weighted by molar-refractivity contribution is 5.96. The zero-order chi connectivity index (χ0) is 43.2. The highest BCUT2D eigenvalue weighted by Gasteiger charge is 2.37. The normalized spacial score (nSPS) is 17.0. The van der Waals surface area contributed by atoms with E-state index in [2.05, 4.69) is 142 Å². The fourth-order valence-electron chi connectivity index (χ4n) is 6.71.